The molecule has 13 heavy (non-hydrogen) atoms. The van der Waals surface area contributed by atoms with E-state index in [1.54, 1.807) is 0 Å². The van der Waals surface area contributed by atoms with Crippen molar-refractivity contribution in [3.05, 3.63) is 29.8 Å². The zero-order valence-corrected chi connectivity index (χ0v) is 9.45. The molecule has 1 heterocycles. The van der Waals surface area contributed by atoms with E-state index in [1.807, 2.05) is 24.3 Å². The molecule has 0 amide bonds. The van der Waals surface area contributed by atoms with Gasteiger partial charge in [0.25, 0.3) is 0 Å². The molecule has 1 aliphatic rings. The maximum atomic E-state index is 10.6. The normalized spacial score (nSPS) is 18.3. The van der Waals surface area contributed by atoms with Crippen LogP contribution in [0.3, 0.4) is 0 Å². The van der Waals surface area contributed by atoms with Crippen molar-refractivity contribution in [2.45, 2.75) is 12.5 Å². The smallest absolute Gasteiger partial charge is 1.00 e. The number of nitrogens with one attached hydrogen (secondary N) is 1. The fraction of sp³-hybridized carbons (Fsp3) is 0.222. The van der Waals surface area contributed by atoms with Crippen molar-refractivity contribution >= 4 is 11.7 Å². The molecule has 4 heteroatoms. The van der Waals surface area contributed by atoms with Gasteiger partial charge in [-0.1, -0.05) is 18.2 Å². The minimum absolute atomic E-state index is 0. The number of rotatable bonds is 1. The van der Waals surface area contributed by atoms with E-state index >= 15 is 0 Å². The summed E-state index contributed by atoms with van der Waals surface area (Å²) >= 11 is 0. The van der Waals surface area contributed by atoms with Crippen LogP contribution in [0.1, 0.15) is 6.99 Å². The van der Waals surface area contributed by atoms with Crippen LogP contribution >= 0.6 is 0 Å². The Morgan fingerprint density at radius 1 is 1.54 bits per heavy atom. The van der Waals surface area contributed by atoms with Crippen LogP contribution in [0, 0.1) is 0 Å². The van der Waals surface area contributed by atoms with Crippen LogP contribution in [-0.4, -0.2) is 17.1 Å². The van der Waals surface area contributed by atoms with Gasteiger partial charge >= 0.3 is 35.5 Å². The van der Waals surface area contributed by atoms with E-state index in [-0.39, 0.29) is 31.0 Å². The molecule has 3 nitrogen and oxygen atoms in total. The van der Waals surface area contributed by atoms with Gasteiger partial charge in [-0.2, -0.15) is 0 Å². The predicted octanol–water partition coefficient (Wildman–Crippen LogP) is -1.78. The van der Waals surface area contributed by atoms with Crippen molar-refractivity contribution in [3.63, 3.8) is 0 Å². The quantitative estimate of drug-likeness (QED) is 0.511. The van der Waals surface area contributed by atoms with Crippen molar-refractivity contribution in [1.29, 1.82) is 0 Å². The van der Waals surface area contributed by atoms with Gasteiger partial charge in [-0.15, -0.1) is 0 Å². The molecular formula is C9H10NNaO2. The van der Waals surface area contributed by atoms with E-state index in [0.717, 1.165) is 11.3 Å². The van der Waals surface area contributed by atoms with Gasteiger partial charge in [0.1, 0.15) is 6.04 Å². The Labute approximate surface area is 99.9 Å². The number of hydrogen-bond donors (Lipinski definition) is 2. The third kappa shape index (κ3) is 2.05. The number of aliphatic carboxylic acids is 1. The van der Waals surface area contributed by atoms with E-state index in [0.29, 0.717) is 6.42 Å². The van der Waals surface area contributed by atoms with Crippen molar-refractivity contribution in [2.24, 2.45) is 0 Å². The molecule has 1 unspecified atom stereocenters. The van der Waals surface area contributed by atoms with Crippen LogP contribution in [0.4, 0.5) is 5.69 Å². The monoisotopic (exact) mass is 187 g/mol. The number of carbonyl (C=O) groups is 1. The molecule has 0 bridgehead atoms. The van der Waals surface area contributed by atoms with Gasteiger partial charge in [-0.25, -0.2) is 4.79 Å². The van der Waals surface area contributed by atoms with E-state index < -0.39 is 12.0 Å². The summed E-state index contributed by atoms with van der Waals surface area (Å²) in [6.45, 7) is 0. The number of hydrogen-bond acceptors (Lipinski definition) is 2. The summed E-state index contributed by atoms with van der Waals surface area (Å²) in [7, 11) is 0. The third-order valence-electron chi connectivity index (χ3n) is 2.07. The second-order valence-corrected chi connectivity index (χ2v) is 2.90. The molecule has 2 rings (SSSR count). The van der Waals surface area contributed by atoms with E-state index in [1.165, 1.54) is 0 Å². The van der Waals surface area contributed by atoms with Crippen LogP contribution in [0.25, 0.3) is 0 Å². The van der Waals surface area contributed by atoms with Gasteiger partial charge in [0.05, 0.1) is 0 Å². The zero-order chi connectivity index (χ0) is 8.55. The van der Waals surface area contributed by atoms with Crippen molar-refractivity contribution in [2.75, 3.05) is 5.32 Å². The molecule has 2 N–H and O–H groups in total. The Morgan fingerprint density at radius 3 is 2.85 bits per heavy atom. The largest absolute Gasteiger partial charge is 1.00 e. The molecule has 1 aromatic rings. The Kier molecular flexibility index (Phi) is 3.36. The first-order chi connectivity index (χ1) is 5.77. The average molecular weight is 187 g/mol. The fourth-order valence-electron chi connectivity index (χ4n) is 1.45. The van der Waals surface area contributed by atoms with Crippen LogP contribution in [0.5, 0.6) is 0 Å². The topological polar surface area (TPSA) is 49.3 Å². The van der Waals surface area contributed by atoms with Crippen LogP contribution < -0.4 is 34.9 Å². The van der Waals surface area contributed by atoms with Gasteiger partial charge in [0.2, 0.25) is 0 Å². The van der Waals surface area contributed by atoms with Gasteiger partial charge in [-0.3, -0.25) is 0 Å². The third-order valence-corrected chi connectivity index (χ3v) is 2.07. The van der Waals surface area contributed by atoms with Gasteiger partial charge in [-0.05, 0) is 11.6 Å². The summed E-state index contributed by atoms with van der Waals surface area (Å²) in [5, 5.41) is 11.7. The molecule has 64 valence electrons. The van der Waals surface area contributed by atoms with E-state index in [9.17, 15) is 4.79 Å². The molecule has 0 fully saturated rings. The number of para-hydroxylation sites is 1. The van der Waals surface area contributed by atoms with Gasteiger partial charge in [0, 0.05) is 12.1 Å². The second kappa shape index (κ2) is 4.13. The maximum Gasteiger partial charge on any atom is 1.00 e. The second-order valence-electron chi connectivity index (χ2n) is 2.90. The summed E-state index contributed by atoms with van der Waals surface area (Å²) in [4.78, 5) is 10.6. The van der Waals surface area contributed by atoms with Gasteiger partial charge in [0.15, 0.2) is 0 Å². The Morgan fingerprint density at radius 2 is 2.23 bits per heavy atom. The number of carboxylic acid groups (broad SMARTS) is 1. The molecule has 0 radical (unpaired) electrons. The minimum atomic E-state index is -0.786. The average Bonchev–Trinajstić information content (AvgIpc) is 2.46. The van der Waals surface area contributed by atoms with Crippen LogP contribution in [0.2, 0.25) is 0 Å². The summed E-state index contributed by atoms with van der Waals surface area (Å²) in [5.41, 5.74) is 2.04. The molecule has 0 aromatic heterocycles. The first kappa shape index (κ1) is 10.6. The standard InChI is InChI=1S/C9H9NO2.Na.H/c11-9(12)8-5-6-3-1-2-4-7(6)10-8;;/h1-4,8,10H,5H2,(H,11,12);;/q;+1;-1. The molecular weight excluding hydrogens is 177 g/mol. The Hall–Kier alpha value is -0.510. The minimum Gasteiger partial charge on any atom is -1.00 e. The van der Waals surface area contributed by atoms with Crippen molar-refractivity contribution < 1.29 is 40.9 Å². The summed E-state index contributed by atoms with van der Waals surface area (Å²) in [6, 6.07) is 7.23. The fourth-order valence-corrected chi connectivity index (χ4v) is 1.45. The SMILES string of the molecule is O=C(O)C1Cc2ccccc2N1.[H-].[Na+]. The zero-order valence-electron chi connectivity index (χ0n) is 8.45. The summed E-state index contributed by atoms with van der Waals surface area (Å²) in [5.74, 6) is -0.786. The Bertz CT molecular complexity index is 307. The summed E-state index contributed by atoms with van der Waals surface area (Å²) < 4.78 is 0. The van der Waals surface area contributed by atoms with Crippen LogP contribution in [-0.2, 0) is 11.2 Å². The Balaban J connectivity index is 0.000000845. The number of benzene rings is 1. The molecule has 0 saturated heterocycles. The van der Waals surface area contributed by atoms with Crippen LogP contribution in [0.15, 0.2) is 24.3 Å². The first-order valence-electron chi connectivity index (χ1n) is 3.84. The van der Waals surface area contributed by atoms with E-state index in [2.05, 4.69) is 5.32 Å². The number of carboxylic acids is 1. The van der Waals surface area contributed by atoms with Crippen molar-refractivity contribution in [1.82, 2.24) is 0 Å². The molecule has 1 aromatic carbocycles. The van der Waals surface area contributed by atoms with Crippen molar-refractivity contribution in [3.8, 4) is 0 Å². The molecule has 0 aliphatic carbocycles. The molecule has 1 atom stereocenters. The first-order valence-corrected chi connectivity index (χ1v) is 3.84. The molecule has 1 aliphatic heterocycles. The number of anilines is 1. The number of fused-ring (bicyclic) bond motifs is 1. The predicted molar refractivity (Wildman–Crippen MR) is 46.3 cm³/mol. The maximum absolute atomic E-state index is 10.6. The molecule has 0 saturated carbocycles. The molecule has 0 spiro atoms. The van der Waals surface area contributed by atoms with E-state index in [4.69, 9.17) is 5.11 Å². The van der Waals surface area contributed by atoms with Gasteiger partial charge < -0.3 is 11.8 Å². The summed E-state index contributed by atoms with van der Waals surface area (Å²) in [6.07, 6.45) is 0.589.